The van der Waals surface area contributed by atoms with E-state index in [1.807, 2.05) is 30.3 Å². The molecule has 0 bridgehead atoms. The SMILES string of the molecule is COc1cc(OC)c(OC)cc1CC1C(=O)Nc2ccccc21. The van der Waals surface area contributed by atoms with Crippen LogP contribution in [0.5, 0.6) is 17.2 Å². The summed E-state index contributed by atoms with van der Waals surface area (Å²) >= 11 is 0. The van der Waals surface area contributed by atoms with Crippen LogP contribution in [0, 0.1) is 0 Å². The van der Waals surface area contributed by atoms with Crippen molar-refractivity contribution in [2.24, 2.45) is 0 Å². The zero-order valence-corrected chi connectivity index (χ0v) is 13.4. The summed E-state index contributed by atoms with van der Waals surface area (Å²) in [7, 11) is 4.77. The zero-order valence-electron chi connectivity index (χ0n) is 13.4. The van der Waals surface area contributed by atoms with E-state index in [1.54, 1.807) is 27.4 Å². The molecule has 1 atom stereocenters. The minimum absolute atomic E-state index is 0.00281. The third-order valence-electron chi connectivity index (χ3n) is 4.12. The van der Waals surface area contributed by atoms with Gasteiger partial charge in [0, 0.05) is 11.8 Å². The first-order valence-corrected chi connectivity index (χ1v) is 7.36. The molecule has 0 fully saturated rings. The Morgan fingerprint density at radius 2 is 1.61 bits per heavy atom. The van der Waals surface area contributed by atoms with Gasteiger partial charge in [0.2, 0.25) is 5.91 Å². The van der Waals surface area contributed by atoms with Crippen molar-refractivity contribution in [1.29, 1.82) is 0 Å². The fourth-order valence-corrected chi connectivity index (χ4v) is 2.95. The van der Waals surface area contributed by atoms with Gasteiger partial charge in [-0.05, 0) is 29.7 Å². The Labute approximate surface area is 135 Å². The molecular weight excluding hydrogens is 294 g/mol. The summed E-state index contributed by atoms with van der Waals surface area (Å²) < 4.78 is 16.1. The molecule has 0 saturated heterocycles. The van der Waals surface area contributed by atoms with E-state index in [2.05, 4.69) is 5.32 Å². The van der Waals surface area contributed by atoms with Gasteiger partial charge < -0.3 is 19.5 Å². The molecule has 1 unspecified atom stereocenters. The standard InChI is InChI=1S/C18H19NO4/c1-21-15-10-17(23-3)16(22-2)9-11(15)8-13-12-6-4-5-7-14(12)19-18(13)20/h4-7,9-10,13H,8H2,1-3H3,(H,19,20). The molecule has 5 heteroatoms. The molecule has 1 amide bonds. The van der Waals surface area contributed by atoms with Crippen molar-refractivity contribution < 1.29 is 19.0 Å². The highest BCUT2D eigenvalue weighted by molar-refractivity contribution is 6.03. The molecule has 1 heterocycles. The third kappa shape index (κ3) is 2.70. The third-order valence-corrected chi connectivity index (χ3v) is 4.12. The zero-order chi connectivity index (χ0) is 16.4. The molecular formula is C18H19NO4. The molecule has 2 aromatic rings. The number of amides is 1. The van der Waals surface area contributed by atoms with Gasteiger partial charge in [0.15, 0.2) is 11.5 Å². The number of para-hydroxylation sites is 1. The van der Waals surface area contributed by atoms with E-state index in [1.165, 1.54) is 0 Å². The van der Waals surface area contributed by atoms with Gasteiger partial charge in [-0.15, -0.1) is 0 Å². The van der Waals surface area contributed by atoms with E-state index in [4.69, 9.17) is 14.2 Å². The Balaban J connectivity index is 1.98. The van der Waals surface area contributed by atoms with Crippen molar-refractivity contribution in [3.05, 3.63) is 47.5 Å². The van der Waals surface area contributed by atoms with Crippen molar-refractivity contribution in [2.45, 2.75) is 12.3 Å². The molecule has 0 aromatic heterocycles. The van der Waals surface area contributed by atoms with Crippen LogP contribution < -0.4 is 19.5 Å². The summed E-state index contributed by atoms with van der Waals surface area (Å²) in [6.45, 7) is 0. The molecule has 1 N–H and O–H groups in total. The Morgan fingerprint density at radius 3 is 2.30 bits per heavy atom. The van der Waals surface area contributed by atoms with Crippen LogP contribution >= 0.6 is 0 Å². The molecule has 0 radical (unpaired) electrons. The second-order valence-electron chi connectivity index (χ2n) is 5.35. The summed E-state index contributed by atoms with van der Waals surface area (Å²) in [5.74, 6) is 1.67. The van der Waals surface area contributed by atoms with E-state index in [0.717, 1.165) is 16.8 Å². The van der Waals surface area contributed by atoms with Crippen LogP contribution in [0.15, 0.2) is 36.4 Å². The molecule has 5 nitrogen and oxygen atoms in total. The van der Waals surface area contributed by atoms with E-state index >= 15 is 0 Å². The van der Waals surface area contributed by atoms with Crippen LogP contribution in [0.1, 0.15) is 17.0 Å². The normalized spacial score (nSPS) is 15.8. The fourth-order valence-electron chi connectivity index (χ4n) is 2.95. The average Bonchev–Trinajstić information content (AvgIpc) is 2.90. The first-order valence-electron chi connectivity index (χ1n) is 7.36. The van der Waals surface area contributed by atoms with Gasteiger partial charge >= 0.3 is 0 Å². The van der Waals surface area contributed by atoms with Gasteiger partial charge in [-0.1, -0.05) is 18.2 Å². The van der Waals surface area contributed by atoms with Crippen molar-refractivity contribution in [3.8, 4) is 17.2 Å². The number of fused-ring (bicyclic) bond motifs is 1. The number of benzene rings is 2. The summed E-state index contributed by atoms with van der Waals surface area (Å²) in [5.41, 5.74) is 2.79. The lowest BCUT2D eigenvalue weighted by Gasteiger charge is -2.16. The van der Waals surface area contributed by atoms with Gasteiger partial charge in [0.05, 0.1) is 27.2 Å². The topological polar surface area (TPSA) is 56.8 Å². The van der Waals surface area contributed by atoms with E-state index in [9.17, 15) is 4.79 Å². The lowest BCUT2D eigenvalue weighted by Crippen LogP contribution is -2.14. The number of ether oxygens (including phenoxy) is 3. The van der Waals surface area contributed by atoms with Crippen LogP contribution in [0.25, 0.3) is 0 Å². The Bertz CT molecular complexity index is 742. The predicted octanol–water partition coefficient (Wildman–Crippen LogP) is 2.99. The first kappa shape index (κ1) is 15.2. The summed E-state index contributed by atoms with van der Waals surface area (Å²) in [6.07, 6.45) is 0.534. The highest BCUT2D eigenvalue weighted by Gasteiger charge is 2.31. The molecule has 1 aliphatic heterocycles. The van der Waals surface area contributed by atoms with Crippen LogP contribution in [0.3, 0.4) is 0 Å². The number of carbonyl (C=O) groups is 1. The maximum Gasteiger partial charge on any atom is 0.232 e. The van der Waals surface area contributed by atoms with E-state index in [0.29, 0.717) is 23.7 Å². The largest absolute Gasteiger partial charge is 0.496 e. The van der Waals surface area contributed by atoms with Gasteiger partial charge in [0.25, 0.3) is 0 Å². The smallest absolute Gasteiger partial charge is 0.232 e. The quantitative estimate of drug-likeness (QED) is 0.922. The summed E-state index contributed by atoms with van der Waals surface area (Å²) in [5, 5.41) is 2.92. The van der Waals surface area contributed by atoms with Gasteiger partial charge in [-0.2, -0.15) is 0 Å². The van der Waals surface area contributed by atoms with Crippen molar-refractivity contribution in [1.82, 2.24) is 0 Å². The molecule has 0 saturated carbocycles. The highest BCUT2D eigenvalue weighted by atomic mass is 16.5. The summed E-state index contributed by atoms with van der Waals surface area (Å²) in [4.78, 5) is 12.3. The summed E-state index contributed by atoms with van der Waals surface area (Å²) in [6, 6.07) is 11.4. The Morgan fingerprint density at radius 1 is 0.957 bits per heavy atom. The van der Waals surface area contributed by atoms with Crippen LogP contribution in [-0.4, -0.2) is 27.2 Å². The number of anilines is 1. The molecule has 3 rings (SSSR count). The number of carbonyl (C=O) groups excluding carboxylic acids is 1. The molecule has 0 spiro atoms. The number of rotatable bonds is 5. The van der Waals surface area contributed by atoms with Gasteiger partial charge in [-0.3, -0.25) is 4.79 Å². The minimum atomic E-state index is -0.238. The minimum Gasteiger partial charge on any atom is -0.496 e. The van der Waals surface area contributed by atoms with E-state index in [-0.39, 0.29) is 11.8 Å². The Hall–Kier alpha value is -2.69. The molecule has 120 valence electrons. The maximum atomic E-state index is 12.3. The number of hydrogen-bond donors (Lipinski definition) is 1. The lowest BCUT2D eigenvalue weighted by molar-refractivity contribution is -0.117. The second-order valence-corrected chi connectivity index (χ2v) is 5.35. The second kappa shape index (κ2) is 6.20. The molecule has 1 aliphatic rings. The Kier molecular flexibility index (Phi) is 4.10. The van der Waals surface area contributed by atoms with Crippen LogP contribution in [-0.2, 0) is 11.2 Å². The monoisotopic (exact) mass is 313 g/mol. The lowest BCUT2D eigenvalue weighted by atomic mass is 9.92. The predicted molar refractivity (Wildman–Crippen MR) is 87.6 cm³/mol. The first-order chi connectivity index (χ1) is 11.2. The van der Waals surface area contributed by atoms with Crippen LogP contribution in [0.2, 0.25) is 0 Å². The van der Waals surface area contributed by atoms with Gasteiger partial charge in [0.1, 0.15) is 5.75 Å². The molecule has 2 aromatic carbocycles. The number of nitrogens with one attached hydrogen (secondary N) is 1. The van der Waals surface area contributed by atoms with Crippen LogP contribution in [0.4, 0.5) is 5.69 Å². The highest BCUT2D eigenvalue weighted by Crippen LogP contribution is 2.40. The number of methoxy groups -OCH3 is 3. The number of hydrogen-bond acceptors (Lipinski definition) is 4. The average molecular weight is 313 g/mol. The maximum absolute atomic E-state index is 12.3. The molecule has 0 aliphatic carbocycles. The van der Waals surface area contributed by atoms with Crippen molar-refractivity contribution in [3.63, 3.8) is 0 Å². The van der Waals surface area contributed by atoms with Gasteiger partial charge in [-0.25, -0.2) is 0 Å². The molecule has 23 heavy (non-hydrogen) atoms. The fraction of sp³-hybridized carbons (Fsp3) is 0.278. The van der Waals surface area contributed by atoms with Crippen molar-refractivity contribution in [2.75, 3.05) is 26.6 Å². The van der Waals surface area contributed by atoms with E-state index < -0.39 is 0 Å². The van der Waals surface area contributed by atoms with Crippen molar-refractivity contribution >= 4 is 11.6 Å².